The lowest BCUT2D eigenvalue weighted by atomic mass is 9.95. The van der Waals surface area contributed by atoms with Crippen LogP contribution in [0.1, 0.15) is 34.3 Å². The van der Waals surface area contributed by atoms with Crippen LogP contribution in [0.5, 0.6) is 0 Å². The number of carbonyl (C=O) groups excluding carboxylic acids is 1. The van der Waals surface area contributed by atoms with Crippen LogP contribution in [0.25, 0.3) is 0 Å². The van der Waals surface area contributed by atoms with Gasteiger partial charge < -0.3 is 0 Å². The molecule has 0 aromatic heterocycles. The molecular weight excluding hydrogens is 242 g/mol. The maximum Gasteiger partial charge on any atom is 0.273 e. The van der Waals surface area contributed by atoms with Gasteiger partial charge in [-0.1, -0.05) is 13.0 Å². The molecule has 0 radical (unpaired) electrons. The molecule has 90 valence electrons. The minimum Gasteiger partial charge on any atom is -0.276 e. The Morgan fingerprint density at radius 1 is 1.59 bits per heavy atom. The summed E-state index contributed by atoms with van der Waals surface area (Å²) in [5, 5.41) is 10.3. The lowest BCUT2D eigenvalue weighted by Crippen LogP contribution is -2.03. The molecule has 4 nitrogen and oxygen atoms in total. The number of nitro benzene ring substituents is 1. The minimum absolute atomic E-state index is 0.105. The summed E-state index contributed by atoms with van der Waals surface area (Å²) < 4.78 is 0. The largest absolute Gasteiger partial charge is 0.276 e. The topological polar surface area (TPSA) is 60.2 Å². The van der Waals surface area contributed by atoms with Gasteiger partial charge in [0, 0.05) is 23.1 Å². The van der Waals surface area contributed by atoms with Crippen LogP contribution in [0.2, 0.25) is 0 Å². The number of benzene rings is 1. The van der Waals surface area contributed by atoms with Crippen molar-refractivity contribution in [3.63, 3.8) is 0 Å². The fourth-order valence-electron chi connectivity index (χ4n) is 1.58. The Morgan fingerprint density at radius 3 is 2.59 bits per heavy atom. The Bertz CT molecular complexity index is 497. The van der Waals surface area contributed by atoms with E-state index in [0.717, 1.165) is 0 Å². The normalized spacial score (nSPS) is 11.9. The predicted molar refractivity (Wildman–Crippen MR) is 66.6 cm³/mol. The Hall–Kier alpha value is -1.68. The molecule has 1 atom stereocenters. The van der Waals surface area contributed by atoms with Crippen LogP contribution in [-0.2, 0) is 0 Å². The lowest BCUT2D eigenvalue weighted by Gasteiger charge is -2.10. The van der Waals surface area contributed by atoms with E-state index in [-0.39, 0.29) is 17.2 Å². The van der Waals surface area contributed by atoms with Gasteiger partial charge in [-0.05, 0) is 30.2 Å². The molecule has 0 N–H and O–H groups in total. The van der Waals surface area contributed by atoms with E-state index >= 15 is 0 Å². The van der Waals surface area contributed by atoms with Crippen molar-refractivity contribution in [2.45, 2.75) is 19.8 Å². The first-order valence-electron chi connectivity index (χ1n) is 4.99. The van der Waals surface area contributed by atoms with Crippen LogP contribution < -0.4 is 0 Å². The van der Waals surface area contributed by atoms with Gasteiger partial charge in [0.25, 0.3) is 10.9 Å². The summed E-state index contributed by atoms with van der Waals surface area (Å²) in [5.41, 5.74) is 1.22. The summed E-state index contributed by atoms with van der Waals surface area (Å²) in [5.74, 6) is -0.159. The van der Waals surface area contributed by atoms with Gasteiger partial charge in [-0.15, -0.1) is 6.58 Å². The second-order valence-electron chi connectivity index (χ2n) is 3.78. The molecule has 0 spiro atoms. The van der Waals surface area contributed by atoms with Gasteiger partial charge in [0.05, 0.1) is 4.92 Å². The molecule has 1 aromatic rings. The van der Waals surface area contributed by atoms with Crippen LogP contribution in [0.15, 0.2) is 24.8 Å². The zero-order valence-electron chi connectivity index (χ0n) is 9.57. The third-order valence-electron chi connectivity index (χ3n) is 2.63. The molecule has 5 heteroatoms. The molecule has 1 rings (SSSR count). The van der Waals surface area contributed by atoms with Crippen LogP contribution >= 0.6 is 11.6 Å². The highest BCUT2D eigenvalue weighted by Gasteiger charge is 2.21. The fourth-order valence-corrected chi connectivity index (χ4v) is 1.78. The predicted octanol–water partition coefficient (Wildman–Crippen LogP) is 3.57. The molecule has 0 saturated carbocycles. The molecule has 0 fully saturated rings. The van der Waals surface area contributed by atoms with Gasteiger partial charge in [0.15, 0.2) is 0 Å². The molecule has 1 unspecified atom stereocenters. The molecular formula is C12H12ClNO3. The van der Waals surface area contributed by atoms with Crippen molar-refractivity contribution in [2.24, 2.45) is 0 Å². The van der Waals surface area contributed by atoms with Crippen LogP contribution in [0.3, 0.4) is 0 Å². The molecule has 0 amide bonds. The monoisotopic (exact) mass is 253 g/mol. The third kappa shape index (κ3) is 2.71. The van der Waals surface area contributed by atoms with Crippen molar-refractivity contribution in [1.82, 2.24) is 0 Å². The number of nitro groups is 1. The number of rotatable bonds is 4. The number of allylic oxidation sites excluding steroid dienone is 1. The van der Waals surface area contributed by atoms with E-state index in [1.54, 1.807) is 26.0 Å². The zero-order valence-corrected chi connectivity index (χ0v) is 10.3. The second kappa shape index (κ2) is 5.10. The quantitative estimate of drug-likeness (QED) is 0.357. The average Bonchev–Trinajstić information content (AvgIpc) is 2.26. The summed E-state index contributed by atoms with van der Waals surface area (Å²) in [7, 11) is 0. The lowest BCUT2D eigenvalue weighted by molar-refractivity contribution is -0.385. The number of aryl methyl sites for hydroxylation is 1. The standard InChI is InChI=1S/C12H12ClNO3/c1-4-7(2)9-5-8(3)10(12(13)15)6-11(9)14(16)17/h4-7H,1H2,2-3H3. The van der Waals surface area contributed by atoms with Crippen molar-refractivity contribution >= 4 is 22.5 Å². The van der Waals surface area contributed by atoms with Gasteiger partial charge >= 0.3 is 0 Å². The fraction of sp³-hybridized carbons (Fsp3) is 0.250. The van der Waals surface area contributed by atoms with E-state index in [1.165, 1.54) is 6.07 Å². The van der Waals surface area contributed by atoms with E-state index in [1.807, 2.05) is 0 Å². The first-order chi connectivity index (χ1) is 7.88. The summed E-state index contributed by atoms with van der Waals surface area (Å²) in [4.78, 5) is 21.5. The number of halogens is 1. The SMILES string of the molecule is C=CC(C)c1cc(C)c(C(=O)Cl)cc1[N+](=O)[O-]. The molecule has 0 aliphatic carbocycles. The number of hydrogen-bond donors (Lipinski definition) is 0. The Labute approximate surface area is 104 Å². The van der Waals surface area contributed by atoms with Gasteiger partial charge in [0.2, 0.25) is 0 Å². The van der Waals surface area contributed by atoms with E-state index < -0.39 is 10.2 Å². The van der Waals surface area contributed by atoms with Gasteiger partial charge in [0.1, 0.15) is 0 Å². The van der Waals surface area contributed by atoms with Crippen molar-refractivity contribution in [2.75, 3.05) is 0 Å². The van der Waals surface area contributed by atoms with Crippen molar-refractivity contribution in [1.29, 1.82) is 0 Å². The van der Waals surface area contributed by atoms with E-state index in [4.69, 9.17) is 11.6 Å². The van der Waals surface area contributed by atoms with Crippen LogP contribution in [-0.4, -0.2) is 10.2 Å². The number of carbonyl (C=O) groups is 1. The smallest absolute Gasteiger partial charge is 0.273 e. The van der Waals surface area contributed by atoms with Crippen LogP contribution in [0, 0.1) is 17.0 Å². The average molecular weight is 254 g/mol. The second-order valence-corrected chi connectivity index (χ2v) is 4.12. The molecule has 0 bridgehead atoms. The van der Waals surface area contributed by atoms with E-state index in [2.05, 4.69) is 6.58 Å². The Balaban J connectivity index is 3.51. The number of nitrogens with zero attached hydrogens (tertiary/aromatic N) is 1. The number of hydrogen-bond acceptors (Lipinski definition) is 3. The highest BCUT2D eigenvalue weighted by Crippen LogP contribution is 2.30. The van der Waals surface area contributed by atoms with Crippen molar-refractivity contribution in [3.05, 3.63) is 51.6 Å². The van der Waals surface area contributed by atoms with E-state index in [9.17, 15) is 14.9 Å². The Kier molecular flexibility index (Phi) is 4.02. The summed E-state index contributed by atoms with van der Waals surface area (Å²) in [6.45, 7) is 7.10. The molecule has 0 aliphatic heterocycles. The highest BCUT2D eigenvalue weighted by molar-refractivity contribution is 6.68. The minimum atomic E-state index is -0.691. The Morgan fingerprint density at radius 2 is 2.18 bits per heavy atom. The maximum absolute atomic E-state index is 11.1. The third-order valence-corrected chi connectivity index (χ3v) is 2.83. The molecule has 0 heterocycles. The maximum atomic E-state index is 11.1. The molecule has 1 aromatic carbocycles. The summed E-state index contributed by atoms with van der Waals surface area (Å²) in [6.07, 6.45) is 1.62. The van der Waals surface area contributed by atoms with Crippen molar-refractivity contribution < 1.29 is 9.72 Å². The van der Waals surface area contributed by atoms with Gasteiger partial charge in [-0.3, -0.25) is 14.9 Å². The molecule has 0 aliphatic rings. The highest BCUT2D eigenvalue weighted by atomic mass is 35.5. The van der Waals surface area contributed by atoms with E-state index in [0.29, 0.717) is 11.1 Å². The molecule has 17 heavy (non-hydrogen) atoms. The summed E-state index contributed by atoms with van der Waals surface area (Å²) >= 11 is 5.37. The van der Waals surface area contributed by atoms with Gasteiger partial charge in [-0.25, -0.2) is 0 Å². The first kappa shape index (κ1) is 13.4. The zero-order chi connectivity index (χ0) is 13.2. The van der Waals surface area contributed by atoms with Crippen LogP contribution in [0.4, 0.5) is 5.69 Å². The first-order valence-corrected chi connectivity index (χ1v) is 5.37. The van der Waals surface area contributed by atoms with Gasteiger partial charge in [-0.2, -0.15) is 0 Å². The van der Waals surface area contributed by atoms with Crippen molar-refractivity contribution in [3.8, 4) is 0 Å². The molecule has 0 saturated heterocycles. The summed E-state index contributed by atoms with van der Waals surface area (Å²) in [6, 6.07) is 2.83.